The Bertz CT molecular complexity index is 330. The first-order chi connectivity index (χ1) is 8.02. The van der Waals surface area contributed by atoms with Crippen LogP contribution in [0.4, 0.5) is 5.69 Å². The van der Waals surface area contributed by atoms with Crippen LogP contribution in [-0.2, 0) is 0 Å². The molecule has 0 atom stereocenters. The van der Waals surface area contributed by atoms with E-state index in [9.17, 15) is 14.9 Å². The van der Waals surface area contributed by atoms with E-state index in [1.165, 1.54) is 37.1 Å². The predicted molar refractivity (Wildman–Crippen MR) is 67.2 cm³/mol. The van der Waals surface area contributed by atoms with Crippen LogP contribution in [0.25, 0.3) is 0 Å². The molecule has 0 aromatic heterocycles. The fourth-order valence-electron chi connectivity index (χ4n) is 0.918. The zero-order valence-corrected chi connectivity index (χ0v) is 10.3. The number of rotatable bonds is 4. The summed E-state index contributed by atoms with van der Waals surface area (Å²) in [6.07, 6.45) is 2.39. The van der Waals surface area contributed by atoms with E-state index in [0.717, 1.165) is 6.54 Å². The van der Waals surface area contributed by atoms with Crippen LogP contribution in [0.3, 0.4) is 0 Å². The quantitative estimate of drug-likeness (QED) is 0.511. The van der Waals surface area contributed by atoms with Crippen molar-refractivity contribution >= 4 is 22.5 Å². The van der Waals surface area contributed by atoms with Crippen LogP contribution in [0.5, 0.6) is 0 Å². The number of carbonyl (C=O) groups excluding carboxylic acids is 1. The lowest BCUT2D eigenvalue weighted by atomic mass is 10.2. The Balaban J connectivity index is 0.000000437. The van der Waals surface area contributed by atoms with Gasteiger partial charge in [-0.15, -0.1) is 0 Å². The standard InChI is InChI=1S/C7H4ClNO3.C4H11N/c8-7(10)5-1-3-6(4-2-5)9(11)12;1-2-3-4-5/h1-4H;2-5H2,1H3. The minimum absolute atomic E-state index is 0.0586. The molecule has 0 spiro atoms. The van der Waals surface area contributed by atoms with Crippen molar-refractivity contribution in [2.45, 2.75) is 19.8 Å². The minimum Gasteiger partial charge on any atom is -0.330 e. The number of carbonyl (C=O) groups is 1. The average molecular weight is 259 g/mol. The third kappa shape index (κ3) is 6.65. The minimum atomic E-state index is -0.620. The van der Waals surface area contributed by atoms with E-state index in [1.54, 1.807) is 0 Å². The van der Waals surface area contributed by atoms with Gasteiger partial charge < -0.3 is 5.73 Å². The number of halogens is 1. The van der Waals surface area contributed by atoms with Gasteiger partial charge in [0.15, 0.2) is 0 Å². The van der Waals surface area contributed by atoms with E-state index < -0.39 is 10.2 Å². The van der Waals surface area contributed by atoms with Gasteiger partial charge in [0, 0.05) is 17.7 Å². The van der Waals surface area contributed by atoms with Crippen molar-refractivity contribution in [2.75, 3.05) is 6.54 Å². The predicted octanol–water partition coefficient (Wildman–Crippen LogP) is 2.72. The molecule has 5 nitrogen and oxygen atoms in total. The smallest absolute Gasteiger partial charge is 0.269 e. The van der Waals surface area contributed by atoms with Gasteiger partial charge in [-0.2, -0.15) is 0 Å². The van der Waals surface area contributed by atoms with Crippen molar-refractivity contribution < 1.29 is 9.72 Å². The normalized spacial score (nSPS) is 9.12. The number of nitro groups is 1. The van der Waals surface area contributed by atoms with Gasteiger partial charge in [-0.25, -0.2) is 0 Å². The summed E-state index contributed by atoms with van der Waals surface area (Å²) >= 11 is 5.13. The maximum atomic E-state index is 10.5. The van der Waals surface area contributed by atoms with Crippen molar-refractivity contribution in [3.63, 3.8) is 0 Å². The number of nitrogens with two attached hydrogens (primary N) is 1. The molecule has 2 N–H and O–H groups in total. The fourth-order valence-corrected chi connectivity index (χ4v) is 1.04. The Morgan fingerprint density at radius 1 is 1.41 bits per heavy atom. The molecule has 1 aromatic carbocycles. The van der Waals surface area contributed by atoms with Gasteiger partial charge in [0.1, 0.15) is 0 Å². The second-order valence-corrected chi connectivity index (χ2v) is 3.56. The van der Waals surface area contributed by atoms with Crippen molar-refractivity contribution in [3.05, 3.63) is 39.9 Å². The third-order valence-corrected chi connectivity index (χ3v) is 2.08. The summed E-state index contributed by atoms with van der Waals surface area (Å²) in [6.45, 7) is 2.98. The van der Waals surface area contributed by atoms with Crippen molar-refractivity contribution in [2.24, 2.45) is 5.73 Å². The zero-order valence-electron chi connectivity index (χ0n) is 9.56. The maximum absolute atomic E-state index is 10.5. The molecule has 1 aromatic rings. The Morgan fingerprint density at radius 2 is 1.94 bits per heavy atom. The number of non-ortho nitro benzene ring substituents is 1. The first-order valence-corrected chi connectivity index (χ1v) is 5.55. The molecule has 0 unspecified atom stereocenters. The SMILES string of the molecule is CCCCN.O=C(Cl)c1ccc([N+](=O)[O-])cc1. The van der Waals surface area contributed by atoms with Crippen molar-refractivity contribution in [3.8, 4) is 0 Å². The summed E-state index contributed by atoms with van der Waals surface area (Å²) < 4.78 is 0. The van der Waals surface area contributed by atoms with Gasteiger partial charge in [0.05, 0.1) is 4.92 Å². The molecule has 0 bridgehead atoms. The molecule has 0 aliphatic rings. The highest BCUT2D eigenvalue weighted by molar-refractivity contribution is 6.67. The molecular formula is C11H15ClN2O3. The van der Waals surface area contributed by atoms with Crippen molar-refractivity contribution in [1.82, 2.24) is 0 Å². The molecule has 1 rings (SSSR count). The molecular weight excluding hydrogens is 244 g/mol. The number of hydrogen-bond donors (Lipinski definition) is 1. The first kappa shape index (κ1) is 15.5. The van der Waals surface area contributed by atoms with Gasteiger partial charge in [-0.1, -0.05) is 13.3 Å². The molecule has 6 heteroatoms. The Morgan fingerprint density at radius 3 is 2.18 bits per heavy atom. The molecule has 17 heavy (non-hydrogen) atoms. The van der Waals surface area contributed by atoms with E-state index in [-0.39, 0.29) is 11.3 Å². The topological polar surface area (TPSA) is 86.2 Å². The van der Waals surface area contributed by atoms with E-state index in [2.05, 4.69) is 6.92 Å². The number of nitro benzene ring substituents is 1. The fraction of sp³-hybridized carbons (Fsp3) is 0.364. The highest BCUT2D eigenvalue weighted by Gasteiger charge is 2.06. The molecule has 94 valence electrons. The average Bonchev–Trinajstić information content (AvgIpc) is 2.31. The van der Waals surface area contributed by atoms with Crippen LogP contribution in [0.15, 0.2) is 24.3 Å². The summed E-state index contributed by atoms with van der Waals surface area (Å²) in [7, 11) is 0. The van der Waals surface area contributed by atoms with Crippen LogP contribution in [0, 0.1) is 10.1 Å². The number of unbranched alkanes of at least 4 members (excludes halogenated alkanes) is 1. The van der Waals surface area contributed by atoms with Crippen LogP contribution in [0.1, 0.15) is 30.1 Å². The summed E-state index contributed by atoms with van der Waals surface area (Å²) in [5.41, 5.74) is 5.33. The highest BCUT2D eigenvalue weighted by Crippen LogP contribution is 2.12. The Kier molecular flexibility index (Phi) is 7.92. The monoisotopic (exact) mass is 258 g/mol. The summed E-state index contributed by atoms with van der Waals surface area (Å²) in [5, 5.41) is 9.55. The van der Waals surface area contributed by atoms with Gasteiger partial charge in [0.2, 0.25) is 0 Å². The van der Waals surface area contributed by atoms with Gasteiger partial charge in [0.25, 0.3) is 10.9 Å². The highest BCUT2D eigenvalue weighted by atomic mass is 35.5. The third-order valence-electron chi connectivity index (χ3n) is 1.86. The summed E-state index contributed by atoms with van der Waals surface area (Å²) in [4.78, 5) is 20.2. The van der Waals surface area contributed by atoms with E-state index in [1.807, 2.05) is 0 Å². The van der Waals surface area contributed by atoms with E-state index in [4.69, 9.17) is 17.3 Å². The summed E-state index contributed by atoms with van der Waals surface area (Å²) in [6, 6.07) is 5.09. The Labute approximate surface area is 105 Å². The van der Waals surface area contributed by atoms with Gasteiger partial charge in [-0.05, 0) is 36.7 Å². The molecule has 0 radical (unpaired) electrons. The molecule has 0 aliphatic carbocycles. The summed E-state index contributed by atoms with van der Waals surface area (Å²) in [5.74, 6) is 0. The first-order valence-electron chi connectivity index (χ1n) is 5.17. The van der Waals surface area contributed by atoms with Gasteiger partial charge in [-0.3, -0.25) is 14.9 Å². The number of nitrogens with zero attached hydrogens (tertiary/aromatic N) is 1. The zero-order chi connectivity index (χ0) is 13.3. The van der Waals surface area contributed by atoms with Crippen LogP contribution in [-0.4, -0.2) is 16.7 Å². The van der Waals surface area contributed by atoms with E-state index >= 15 is 0 Å². The second-order valence-electron chi connectivity index (χ2n) is 3.22. The van der Waals surface area contributed by atoms with E-state index in [0.29, 0.717) is 0 Å². The maximum Gasteiger partial charge on any atom is 0.269 e. The Hall–Kier alpha value is -1.46. The lowest BCUT2D eigenvalue weighted by Gasteiger charge is -1.92. The van der Waals surface area contributed by atoms with Crippen LogP contribution < -0.4 is 5.73 Å². The lowest BCUT2D eigenvalue weighted by molar-refractivity contribution is -0.384. The molecule has 0 saturated carbocycles. The van der Waals surface area contributed by atoms with Crippen LogP contribution in [0.2, 0.25) is 0 Å². The molecule has 0 saturated heterocycles. The lowest BCUT2D eigenvalue weighted by Crippen LogP contribution is -1.95. The van der Waals surface area contributed by atoms with Crippen molar-refractivity contribution in [1.29, 1.82) is 0 Å². The molecule has 0 heterocycles. The number of benzene rings is 1. The molecule has 0 fully saturated rings. The molecule has 0 aliphatic heterocycles. The molecule has 0 amide bonds. The number of hydrogen-bond acceptors (Lipinski definition) is 4. The second kappa shape index (κ2) is 8.66. The van der Waals surface area contributed by atoms with Crippen LogP contribution >= 0.6 is 11.6 Å². The van der Waals surface area contributed by atoms with Gasteiger partial charge >= 0.3 is 0 Å². The largest absolute Gasteiger partial charge is 0.330 e.